The lowest BCUT2D eigenvalue weighted by molar-refractivity contribution is 0.0926. The Kier molecular flexibility index (Phi) is 15.7. The van der Waals surface area contributed by atoms with Gasteiger partial charge in [-0.3, -0.25) is 19.2 Å². The highest BCUT2D eigenvalue weighted by Gasteiger charge is 2.24. The molecule has 0 aliphatic heterocycles. The fourth-order valence-corrected chi connectivity index (χ4v) is 8.82. The summed E-state index contributed by atoms with van der Waals surface area (Å²) in [6.07, 6.45) is 13.6. The van der Waals surface area contributed by atoms with Crippen molar-refractivity contribution in [2.45, 2.75) is 64.8 Å². The number of pyridine rings is 2. The van der Waals surface area contributed by atoms with Gasteiger partial charge < -0.3 is 30.7 Å². The molecule has 18 heteroatoms. The topological polar surface area (TPSA) is 222 Å². The molecule has 4 amide bonds. The lowest BCUT2D eigenvalue weighted by Crippen LogP contribution is -2.33. The summed E-state index contributed by atoms with van der Waals surface area (Å²) in [5.74, 6) is -0.105. The monoisotopic (exact) mass is 968 g/mol. The first-order valence-electron chi connectivity index (χ1n) is 24.1. The second-order valence-corrected chi connectivity index (χ2v) is 18.0. The van der Waals surface area contributed by atoms with Gasteiger partial charge >= 0.3 is 0 Å². The van der Waals surface area contributed by atoms with Gasteiger partial charge in [0, 0.05) is 50.8 Å². The van der Waals surface area contributed by atoms with E-state index in [4.69, 9.17) is 9.47 Å². The molecule has 18 nitrogen and oxygen atoms in total. The number of carbonyl (C=O) groups is 4. The van der Waals surface area contributed by atoms with Crippen molar-refractivity contribution in [2.75, 3.05) is 37.9 Å². The van der Waals surface area contributed by atoms with E-state index in [1.54, 1.807) is 78.6 Å². The maximum atomic E-state index is 13.4. The third kappa shape index (κ3) is 11.5. The van der Waals surface area contributed by atoms with Gasteiger partial charge in [-0.1, -0.05) is 83.9 Å². The summed E-state index contributed by atoms with van der Waals surface area (Å²) in [7, 11) is 3.25. The summed E-state index contributed by atoms with van der Waals surface area (Å²) in [5, 5.41) is 31.7. The van der Waals surface area contributed by atoms with Gasteiger partial charge in [0.1, 0.15) is 5.69 Å². The standard InChI is InChI=1S/2C27H28N6O3/c1-36-17-20-15-30-32-33(20)16-19-11-12-23(22-9-3-2-8-21(19)22)26(34)31-24-10-5-13-28-25(24)27(35)29-14-18-6-4-7-18;1-36-17-20-16-33(32-31-20)15-19-11-12-23(22-9-3-2-8-21(19)22)26(34)30-24-10-5-13-28-25(24)27(35)29-14-18-6-4-7-18/h2-3,5,8-13,15,18H,4,6-7,14,16-17H2,1H3,(H,29,35)(H,31,34);2-3,5,8-13,16,18H,4,6-7,14-15,17H2,1H3,(H,29,35)(H,30,34). The fourth-order valence-electron chi connectivity index (χ4n) is 8.82. The van der Waals surface area contributed by atoms with Crippen LogP contribution in [0.1, 0.15) is 103 Å². The number of methoxy groups -OCH3 is 2. The minimum Gasteiger partial charge on any atom is -0.378 e. The van der Waals surface area contributed by atoms with Gasteiger partial charge in [-0.05, 0) is 107 Å². The quantitative estimate of drug-likeness (QED) is 0.0653. The smallest absolute Gasteiger partial charge is 0.272 e. The van der Waals surface area contributed by atoms with Crippen molar-refractivity contribution in [2.24, 2.45) is 11.8 Å². The van der Waals surface area contributed by atoms with Gasteiger partial charge in [0.25, 0.3) is 23.6 Å². The van der Waals surface area contributed by atoms with Gasteiger partial charge in [-0.15, -0.1) is 10.2 Å². The zero-order chi connectivity index (χ0) is 49.8. The molecular weight excluding hydrogens is 913 g/mol. The van der Waals surface area contributed by atoms with E-state index in [0.717, 1.165) is 69.7 Å². The summed E-state index contributed by atoms with van der Waals surface area (Å²) in [5.41, 5.74) is 5.84. The number of benzene rings is 4. The Morgan fingerprint density at radius 2 is 1.10 bits per heavy atom. The molecule has 0 spiro atoms. The summed E-state index contributed by atoms with van der Waals surface area (Å²) in [6.45, 7) is 3.07. The molecular formula is C54H56N12O6. The van der Waals surface area contributed by atoms with Crippen LogP contribution < -0.4 is 21.3 Å². The van der Waals surface area contributed by atoms with Gasteiger partial charge in [0.05, 0.1) is 55.8 Å². The van der Waals surface area contributed by atoms with Crippen LogP contribution in [0.4, 0.5) is 11.4 Å². The van der Waals surface area contributed by atoms with Crippen molar-refractivity contribution in [1.82, 2.24) is 50.6 Å². The first kappa shape index (κ1) is 48.8. The number of carbonyl (C=O) groups excluding carboxylic acids is 4. The van der Waals surface area contributed by atoms with Crippen molar-refractivity contribution >= 4 is 56.5 Å². The summed E-state index contributed by atoms with van der Waals surface area (Å²) in [6, 6.07) is 29.7. The third-order valence-electron chi connectivity index (χ3n) is 13.1. The number of fused-ring (bicyclic) bond motifs is 2. The van der Waals surface area contributed by atoms with E-state index in [2.05, 4.69) is 51.9 Å². The van der Waals surface area contributed by atoms with Gasteiger partial charge in [-0.25, -0.2) is 19.3 Å². The number of anilines is 2. The van der Waals surface area contributed by atoms with Crippen LogP contribution in [-0.2, 0) is 35.8 Å². The Morgan fingerprint density at radius 3 is 1.60 bits per heavy atom. The van der Waals surface area contributed by atoms with E-state index < -0.39 is 0 Å². The van der Waals surface area contributed by atoms with E-state index in [9.17, 15) is 19.2 Å². The predicted octanol–water partition coefficient (Wildman–Crippen LogP) is 7.61. The van der Waals surface area contributed by atoms with Crippen LogP contribution in [0.5, 0.6) is 0 Å². The molecule has 4 aromatic heterocycles. The molecule has 2 aliphatic carbocycles. The van der Waals surface area contributed by atoms with Crippen LogP contribution in [0.25, 0.3) is 21.5 Å². The second-order valence-electron chi connectivity index (χ2n) is 18.0. The lowest BCUT2D eigenvalue weighted by atomic mass is 9.85. The van der Waals surface area contributed by atoms with E-state index in [1.165, 1.54) is 12.8 Å². The molecule has 368 valence electrons. The minimum absolute atomic E-state index is 0.211. The zero-order valence-electron chi connectivity index (χ0n) is 40.2. The van der Waals surface area contributed by atoms with Crippen LogP contribution in [0.2, 0.25) is 0 Å². The largest absolute Gasteiger partial charge is 0.378 e. The number of hydrogen-bond donors (Lipinski definition) is 4. The van der Waals surface area contributed by atoms with E-state index in [0.29, 0.717) is 73.7 Å². The SMILES string of the molecule is COCc1cn(Cc2ccc(C(=O)Nc3cccnc3C(=O)NCC3CCC3)c3ccccc23)nn1.COCc1cnnn1Cc1ccc(C(=O)Nc2cccnc2C(=O)NCC2CCC2)c2ccccc12. The van der Waals surface area contributed by atoms with E-state index >= 15 is 0 Å². The van der Waals surface area contributed by atoms with Gasteiger partial charge in [-0.2, -0.15) is 0 Å². The van der Waals surface area contributed by atoms with Crippen LogP contribution in [0.15, 0.2) is 122 Å². The third-order valence-corrected chi connectivity index (χ3v) is 13.1. The number of hydrogen-bond acceptors (Lipinski definition) is 12. The van der Waals surface area contributed by atoms with Crippen LogP contribution in [-0.4, -0.2) is 90.9 Å². The molecule has 2 saturated carbocycles. The molecule has 8 aromatic rings. The highest BCUT2D eigenvalue weighted by Crippen LogP contribution is 2.29. The minimum atomic E-state index is -0.306. The molecule has 72 heavy (non-hydrogen) atoms. The number of nitrogens with zero attached hydrogens (tertiary/aromatic N) is 8. The number of aromatic nitrogens is 8. The molecule has 4 aromatic carbocycles. The Bertz CT molecular complexity index is 3220. The number of nitrogens with one attached hydrogen (secondary N) is 4. The predicted molar refractivity (Wildman–Crippen MR) is 271 cm³/mol. The van der Waals surface area contributed by atoms with Gasteiger partial charge in [0.15, 0.2) is 11.4 Å². The Balaban J connectivity index is 0.000000178. The Morgan fingerprint density at radius 1 is 0.583 bits per heavy atom. The average Bonchev–Trinajstić information content (AvgIpc) is 4.02. The maximum Gasteiger partial charge on any atom is 0.272 e. The zero-order valence-corrected chi connectivity index (χ0v) is 40.2. The molecule has 0 bridgehead atoms. The van der Waals surface area contributed by atoms with Crippen molar-refractivity contribution in [3.05, 3.63) is 167 Å². The van der Waals surface area contributed by atoms with Crippen LogP contribution in [0.3, 0.4) is 0 Å². The number of rotatable bonds is 18. The van der Waals surface area contributed by atoms with Crippen LogP contribution >= 0.6 is 0 Å². The highest BCUT2D eigenvalue weighted by atomic mass is 16.5. The van der Waals surface area contributed by atoms with Crippen molar-refractivity contribution < 1.29 is 28.7 Å². The average molecular weight is 969 g/mol. The van der Waals surface area contributed by atoms with Gasteiger partial charge in [0.2, 0.25) is 0 Å². The molecule has 0 saturated heterocycles. The maximum absolute atomic E-state index is 13.4. The number of amides is 4. The first-order valence-corrected chi connectivity index (χ1v) is 24.1. The summed E-state index contributed by atoms with van der Waals surface area (Å²) in [4.78, 5) is 60.7. The van der Waals surface area contributed by atoms with E-state index in [1.807, 2.05) is 66.9 Å². The Hall–Kier alpha value is -8.22. The molecule has 4 heterocycles. The summed E-state index contributed by atoms with van der Waals surface area (Å²) < 4.78 is 13.9. The van der Waals surface area contributed by atoms with Crippen molar-refractivity contribution in [1.29, 1.82) is 0 Å². The highest BCUT2D eigenvalue weighted by molar-refractivity contribution is 6.16. The number of ether oxygens (including phenoxy) is 2. The molecule has 10 rings (SSSR count). The first-order chi connectivity index (χ1) is 35.3. The lowest BCUT2D eigenvalue weighted by Gasteiger charge is -2.25. The summed E-state index contributed by atoms with van der Waals surface area (Å²) >= 11 is 0. The second kappa shape index (κ2) is 23.1. The molecule has 0 radical (unpaired) electrons. The van der Waals surface area contributed by atoms with Crippen molar-refractivity contribution in [3.8, 4) is 0 Å². The fraction of sp³-hybridized carbons (Fsp3) is 0.296. The van der Waals surface area contributed by atoms with Crippen LogP contribution in [0, 0.1) is 11.8 Å². The molecule has 0 unspecified atom stereocenters. The molecule has 4 N–H and O–H groups in total. The molecule has 2 aliphatic rings. The normalized spacial score (nSPS) is 13.4. The Labute approximate surface area is 415 Å². The van der Waals surface area contributed by atoms with Crippen molar-refractivity contribution in [3.63, 3.8) is 0 Å². The molecule has 2 fully saturated rings. The van der Waals surface area contributed by atoms with E-state index in [-0.39, 0.29) is 35.0 Å². The molecule has 0 atom stereocenters.